The molecule has 2 aromatic rings. The zero-order valence-electron chi connectivity index (χ0n) is 17.2. The van der Waals surface area contributed by atoms with Gasteiger partial charge in [0.25, 0.3) is 0 Å². The molecule has 0 radical (unpaired) electrons. The summed E-state index contributed by atoms with van der Waals surface area (Å²) in [5.41, 5.74) is 5.68. The standard InChI is InChI=1S/C22H30BrN3O/c1-7-26(6)14-24-21-13-20(23)22(25-18(21)5)27-17(4)8-9-19-11-15(2)10-16(3)12-19/h10-14,17H,7-9H2,1-6H3. The maximum absolute atomic E-state index is 6.09. The largest absolute Gasteiger partial charge is 0.474 e. The lowest BCUT2D eigenvalue weighted by atomic mass is 10.0. The summed E-state index contributed by atoms with van der Waals surface area (Å²) in [5, 5.41) is 0. The van der Waals surface area contributed by atoms with Crippen LogP contribution in [0.4, 0.5) is 5.69 Å². The third-order valence-corrected chi connectivity index (χ3v) is 5.00. The molecule has 1 unspecified atom stereocenters. The van der Waals surface area contributed by atoms with Crippen molar-refractivity contribution >= 4 is 28.0 Å². The lowest BCUT2D eigenvalue weighted by molar-refractivity contribution is 0.201. The van der Waals surface area contributed by atoms with Gasteiger partial charge in [-0.15, -0.1) is 0 Å². The average molecular weight is 432 g/mol. The molecule has 0 aliphatic rings. The molecular weight excluding hydrogens is 402 g/mol. The summed E-state index contributed by atoms with van der Waals surface area (Å²) < 4.78 is 6.92. The minimum absolute atomic E-state index is 0.0783. The van der Waals surface area contributed by atoms with Gasteiger partial charge in [0.05, 0.1) is 28.3 Å². The smallest absolute Gasteiger partial charge is 0.228 e. The normalized spacial score (nSPS) is 12.4. The number of halogens is 1. The summed E-state index contributed by atoms with van der Waals surface area (Å²) in [5.74, 6) is 0.628. The first-order chi connectivity index (χ1) is 12.8. The number of hydrogen-bond donors (Lipinski definition) is 0. The number of aliphatic imine (C=N–C) groups is 1. The fraction of sp³-hybridized carbons (Fsp3) is 0.455. The van der Waals surface area contributed by atoms with E-state index < -0.39 is 0 Å². The van der Waals surface area contributed by atoms with Gasteiger partial charge in [-0.25, -0.2) is 9.98 Å². The predicted molar refractivity (Wildman–Crippen MR) is 117 cm³/mol. The second-order valence-corrected chi connectivity index (χ2v) is 8.02. The van der Waals surface area contributed by atoms with Crippen molar-refractivity contribution in [3.63, 3.8) is 0 Å². The molecule has 0 spiro atoms. The average Bonchev–Trinajstić information content (AvgIpc) is 2.60. The van der Waals surface area contributed by atoms with Gasteiger partial charge in [-0.2, -0.15) is 0 Å². The van der Waals surface area contributed by atoms with Crippen LogP contribution < -0.4 is 4.74 Å². The topological polar surface area (TPSA) is 37.7 Å². The number of pyridine rings is 1. The molecule has 0 amide bonds. The summed E-state index contributed by atoms with van der Waals surface area (Å²) in [7, 11) is 2.00. The molecule has 146 valence electrons. The van der Waals surface area contributed by atoms with Crippen molar-refractivity contribution in [3.05, 3.63) is 51.1 Å². The molecule has 0 saturated carbocycles. The highest BCUT2D eigenvalue weighted by Crippen LogP contribution is 2.30. The molecule has 1 heterocycles. The maximum Gasteiger partial charge on any atom is 0.228 e. The van der Waals surface area contributed by atoms with Gasteiger partial charge in [-0.05, 0) is 75.0 Å². The highest BCUT2D eigenvalue weighted by molar-refractivity contribution is 9.10. The van der Waals surface area contributed by atoms with Crippen LogP contribution in [0, 0.1) is 20.8 Å². The van der Waals surface area contributed by atoms with E-state index in [-0.39, 0.29) is 6.10 Å². The predicted octanol–water partition coefficient (Wildman–Crippen LogP) is 5.78. The van der Waals surface area contributed by atoms with Crippen LogP contribution in [0.2, 0.25) is 0 Å². The zero-order valence-corrected chi connectivity index (χ0v) is 18.8. The van der Waals surface area contributed by atoms with Gasteiger partial charge in [0.15, 0.2) is 0 Å². The van der Waals surface area contributed by atoms with Gasteiger partial charge in [0.1, 0.15) is 0 Å². The Morgan fingerprint density at radius 2 is 1.85 bits per heavy atom. The second-order valence-electron chi connectivity index (χ2n) is 7.16. The molecule has 4 nitrogen and oxygen atoms in total. The molecule has 5 heteroatoms. The quantitative estimate of drug-likeness (QED) is 0.392. The second kappa shape index (κ2) is 9.88. The van der Waals surface area contributed by atoms with Gasteiger partial charge in [-0.1, -0.05) is 29.3 Å². The summed E-state index contributed by atoms with van der Waals surface area (Å²) in [6.45, 7) is 11.3. The molecule has 0 aliphatic carbocycles. The Hall–Kier alpha value is -1.88. The van der Waals surface area contributed by atoms with Gasteiger partial charge < -0.3 is 9.64 Å². The molecule has 1 atom stereocenters. The first-order valence-electron chi connectivity index (χ1n) is 9.44. The minimum atomic E-state index is 0.0783. The third kappa shape index (κ3) is 6.65. The molecular formula is C22H30BrN3O. The van der Waals surface area contributed by atoms with Crippen molar-refractivity contribution in [1.82, 2.24) is 9.88 Å². The Balaban J connectivity index is 2.01. The van der Waals surface area contributed by atoms with E-state index in [1.807, 2.05) is 31.3 Å². The Morgan fingerprint density at radius 3 is 2.48 bits per heavy atom. The molecule has 2 rings (SSSR count). The number of hydrogen-bond acceptors (Lipinski definition) is 3. The van der Waals surface area contributed by atoms with Crippen molar-refractivity contribution in [2.45, 2.75) is 53.6 Å². The fourth-order valence-electron chi connectivity index (χ4n) is 2.84. The third-order valence-electron chi connectivity index (χ3n) is 4.43. The van der Waals surface area contributed by atoms with Gasteiger partial charge in [-0.3, -0.25) is 0 Å². The van der Waals surface area contributed by atoms with E-state index in [2.05, 4.69) is 71.8 Å². The van der Waals surface area contributed by atoms with Gasteiger partial charge >= 0.3 is 0 Å². The molecule has 0 N–H and O–H groups in total. The molecule has 1 aromatic heterocycles. The van der Waals surface area contributed by atoms with E-state index in [1.54, 1.807) is 0 Å². The SMILES string of the molecule is CCN(C)C=Nc1cc(Br)c(OC(C)CCc2cc(C)cc(C)c2)nc1C. The Bertz CT molecular complexity index is 784. The number of ether oxygens (including phenoxy) is 1. The van der Waals surface area contributed by atoms with E-state index in [4.69, 9.17) is 4.74 Å². The molecule has 0 aliphatic heterocycles. The Morgan fingerprint density at radius 1 is 1.19 bits per heavy atom. The van der Waals surface area contributed by atoms with Crippen LogP contribution in [0.3, 0.4) is 0 Å². The zero-order chi connectivity index (χ0) is 20.0. The summed E-state index contributed by atoms with van der Waals surface area (Å²) in [6.07, 6.45) is 3.83. The van der Waals surface area contributed by atoms with E-state index in [0.29, 0.717) is 5.88 Å². The van der Waals surface area contributed by atoms with E-state index >= 15 is 0 Å². The number of nitrogens with zero attached hydrogens (tertiary/aromatic N) is 3. The van der Waals surface area contributed by atoms with Crippen LogP contribution in [0.25, 0.3) is 0 Å². The molecule has 1 aromatic carbocycles. The van der Waals surface area contributed by atoms with Crippen molar-refractivity contribution in [2.75, 3.05) is 13.6 Å². The van der Waals surface area contributed by atoms with Crippen LogP contribution in [-0.2, 0) is 6.42 Å². The highest BCUT2D eigenvalue weighted by Gasteiger charge is 2.12. The Labute approximate surface area is 171 Å². The molecule has 0 saturated heterocycles. The molecule has 27 heavy (non-hydrogen) atoms. The monoisotopic (exact) mass is 431 g/mol. The lowest BCUT2D eigenvalue weighted by Crippen LogP contribution is -2.15. The van der Waals surface area contributed by atoms with Crippen molar-refractivity contribution in [1.29, 1.82) is 0 Å². The Kier molecular flexibility index (Phi) is 7.84. The van der Waals surface area contributed by atoms with Crippen LogP contribution in [-0.4, -0.2) is 35.9 Å². The first kappa shape index (κ1) is 21.4. The van der Waals surface area contributed by atoms with Crippen molar-refractivity contribution in [2.24, 2.45) is 4.99 Å². The van der Waals surface area contributed by atoms with Crippen LogP contribution >= 0.6 is 15.9 Å². The number of benzene rings is 1. The number of rotatable bonds is 8. The summed E-state index contributed by atoms with van der Waals surface area (Å²) in [4.78, 5) is 11.1. The lowest BCUT2D eigenvalue weighted by Gasteiger charge is -2.16. The number of aryl methyl sites for hydroxylation is 4. The summed E-state index contributed by atoms with van der Waals surface area (Å²) in [6, 6.07) is 8.67. The minimum Gasteiger partial charge on any atom is -0.474 e. The van der Waals surface area contributed by atoms with Crippen LogP contribution in [0.1, 0.15) is 42.7 Å². The van der Waals surface area contributed by atoms with Crippen LogP contribution in [0.5, 0.6) is 5.88 Å². The maximum atomic E-state index is 6.09. The van der Waals surface area contributed by atoms with E-state index in [9.17, 15) is 0 Å². The fourth-order valence-corrected chi connectivity index (χ4v) is 3.24. The highest BCUT2D eigenvalue weighted by atomic mass is 79.9. The van der Waals surface area contributed by atoms with Gasteiger partial charge in [0, 0.05) is 13.6 Å². The summed E-state index contributed by atoms with van der Waals surface area (Å²) >= 11 is 3.57. The molecule has 0 bridgehead atoms. The van der Waals surface area contributed by atoms with Crippen molar-refractivity contribution in [3.8, 4) is 5.88 Å². The molecule has 0 fully saturated rings. The van der Waals surface area contributed by atoms with Crippen LogP contribution in [0.15, 0.2) is 33.7 Å². The first-order valence-corrected chi connectivity index (χ1v) is 10.2. The van der Waals surface area contributed by atoms with E-state index in [1.165, 1.54) is 16.7 Å². The van der Waals surface area contributed by atoms with E-state index in [0.717, 1.165) is 35.2 Å². The van der Waals surface area contributed by atoms with Gasteiger partial charge in [0.2, 0.25) is 5.88 Å². The van der Waals surface area contributed by atoms with Crippen molar-refractivity contribution < 1.29 is 4.74 Å². The number of aromatic nitrogens is 1.